The van der Waals surface area contributed by atoms with Crippen LogP contribution in [0.4, 0.5) is 18.3 Å². The zero-order valence-electron chi connectivity index (χ0n) is 11.4. The average molecular weight is 316 g/mol. The van der Waals surface area contributed by atoms with Crippen molar-refractivity contribution in [2.75, 3.05) is 11.4 Å². The number of halogens is 3. The molecule has 0 aliphatic rings. The Morgan fingerprint density at radius 3 is 2.43 bits per heavy atom. The van der Waals surface area contributed by atoms with Crippen LogP contribution < -0.4 is 10.6 Å². The smallest absolute Gasteiger partial charge is 0.343 e. The van der Waals surface area contributed by atoms with Crippen LogP contribution in [-0.4, -0.2) is 15.9 Å². The first-order chi connectivity index (χ1) is 9.95. The molecule has 0 saturated carbocycles. The minimum absolute atomic E-state index is 0.261. The lowest BCUT2D eigenvalue weighted by Gasteiger charge is -2.20. The summed E-state index contributed by atoms with van der Waals surface area (Å²) in [6.45, 7) is 3.24. The lowest BCUT2D eigenvalue weighted by Crippen LogP contribution is -2.23. The van der Waals surface area contributed by atoms with Crippen LogP contribution in [0.15, 0.2) is 24.3 Å². The van der Waals surface area contributed by atoms with Crippen molar-refractivity contribution in [3.63, 3.8) is 0 Å². The van der Waals surface area contributed by atoms with Gasteiger partial charge in [-0.25, -0.2) is 0 Å². The van der Waals surface area contributed by atoms with Crippen LogP contribution >= 0.6 is 11.5 Å². The van der Waals surface area contributed by atoms with E-state index in [0.29, 0.717) is 19.6 Å². The van der Waals surface area contributed by atoms with Crippen LogP contribution in [0.1, 0.15) is 23.9 Å². The van der Waals surface area contributed by atoms with Crippen molar-refractivity contribution >= 4 is 16.7 Å². The molecule has 1 heterocycles. The predicted molar refractivity (Wildman–Crippen MR) is 76.0 cm³/mol. The number of rotatable bonds is 5. The summed E-state index contributed by atoms with van der Waals surface area (Å²) >= 11 is 0.755. The Morgan fingerprint density at radius 2 is 1.90 bits per heavy atom. The van der Waals surface area contributed by atoms with E-state index in [1.165, 1.54) is 0 Å². The molecule has 2 aromatic rings. The summed E-state index contributed by atoms with van der Waals surface area (Å²) < 4.78 is 41.1. The Morgan fingerprint density at radius 1 is 1.24 bits per heavy atom. The molecule has 0 fully saturated rings. The lowest BCUT2D eigenvalue weighted by atomic mass is 10.1. The maximum Gasteiger partial charge on any atom is 0.452 e. The number of nitrogens with zero attached hydrogens (tertiary/aromatic N) is 3. The van der Waals surface area contributed by atoms with E-state index in [2.05, 4.69) is 9.36 Å². The third kappa shape index (κ3) is 3.70. The van der Waals surface area contributed by atoms with Crippen LogP contribution in [0, 0.1) is 0 Å². The fourth-order valence-corrected chi connectivity index (χ4v) is 2.64. The first kappa shape index (κ1) is 15.7. The third-order valence-electron chi connectivity index (χ3n) is 3.02. The second-order valence-electron chi connectivity index (χ2n) is 4.39. The molecule has 4 nitrogen and oxygen atoms in total. The fourth-order valence-electron chi connectivity index (χ4n) is 1.89. The van der Waals surface area contributed by atoms with Gasteiger partial charge in [0, 0.05) is 31.2 Å². The number of alkyl halides is 3. The van der Waals surface area contributed by atoms with Gasteiger partial charge in [0.2, 0.25) is 11.0 Å². The van der Waals surface area contributed by atoms with Crippen LogP contribution in [0.3, 0.4) is 0 Å². The minimum atomic E-state index is -4.51. The number of aromatic nitrogens is 2. The van der Waals surface area contributed by atoms with Gasteiger partial charge in [-0.15, -0.1) is 0 Å². The van der Waals surface area contributed by atoms with Gasteiger partial charge in [0.15, 0.2) is 0 Å². The van der Waals surface area contributed by atoms with Gasteiger partial charge < -0.3 is 10.6 Å². The molecule has 2 N–H and O–H groups in total. The van der Waals surface area contributed by atoms with Crippen LogP contribution in [-0.2, 0) is 19.3 Å². The minimum Gasteiger partial charge on any atom is -0.343 e. The summed E-state index contributed by atoms with van der Waals surface area (Å²) in [7, 11) is 0. The molecule has 8 heteroatoms. The third-order valence-corrected chi connectivity index (χ3v) is 3.80. The monoisotopic (exact) mass is 316 g/mol. The summed E-state index contributed by atoms with van der Waals surface area (Å²) in [5, 5.41) is 0.261. The van der Waals surface area contributed by atoms with Crippen LogP contribution in [0.2, 0.25) is 0 Å². The Labute approximate surface area is 124 Å². The summed E-state index contributed by atoms with van der Waals surface area (Å²) in [5.74, 6) is -1.09. The molecule has 0 radical (unpaired) electrons. The molecular weight excluding hydrogens is 301 g/mol. The number of hydrogen-bond donors (Lipinski definition) is 1. The van der Waals surface area contributed by atoms with Crippen molar-refractivity contribution in [3.8, 4) is 0 Å². The molecule has 1 aromatic carbocycles. The molecule has 0 unspecified atom stereocenters. The van der Waals surface area contributed by atoms with Crippen molar-refractivity contribution in [2.24, 2.45) is 5.73 Å². The first-order valence-corrected chi connectivity index (χ1v) is 7.15. The van der Waals surface area contributed by atoms with Gasteiger partial charge in [-0.2, -0.15) is 22.5 Å². The van der Waals surface area contributed by atoms with Gasteiger partial charge in [0.1, 0.15) is 0 Å². The van der Waals surface area contributed by atoms with Crippen molar-refractivity contribution < 1.29 is 13.2 Å². The Balaban J connectivity index is 2.22. The van der Waals surface area contributed by atoms with Crippen molar-refractivity contribution in [1.82, 2.24) is 9.36 Å². The molecule has 2 rings (SSSR count). The number of anilines is 1. The Hall–Kier alpha value is -1.67. The van der Waals surface area contributed by atoms with E-state index in [1.54, 1.807) is 4.90 Å². The van der Waals surface area contributed by atoms with E-state index in [0.717, 1.165) is 22.7 Å². The van der Waals surface area contributed by atoms with Gasteiger partial charge in [-0.05, 0) is 18.1 Å². The fraction of sp³-hybridized carbons (Fsp3) is 0.385. The number of benzene rings is 1. The highest BCUT2D eigenvalue weighted by atomic mass is 32.1. The molecule has 114 valence electrons. The second-order valence-corrected chi connectivity index (χ2v) is 5.12. The van der Waals surface area contributed by atoms with Crippen molar-refractivity contribution in [1.29, 1.82) is 0 Å². The van der Waals surface area contributed by atoms with E-state index in [9.17, 15) is 13.2 Å². The predicted octanol–water partition coefficient (Wildman–Crippen LogP) is 3.04. The SMILES string of the molecule is CCN(Cc1ccccc1CN)c1nc(C(F)(F)F)ns1. The normalized spacial score (nSPS) is 11.7. The Kier molecular flexibility index (Phi) is 4.79. The van der Waals surface area contributed by atoms with Gasteiger partial charge in [-0.3, -0.25) is 0 Å². The highest BCUT2D eigenvalue weighted by molar-refractivity contribution is 7.09. The topological polar surface area (TPSA) is 55.0 Å². The number of hydrogen-bond acceptors (Lipinski definition) is 5. The molecule has 21 heavy (non-hydrogen) atoms. The highest BCUT2D eigenvalue weighted by Gasteiger charge is 2.36. The molecule has 0 bridgehead atoms. The van der Waals surface area contributed by atoms with E-state index in [-0.39, 0.29) is 5.13 Å². The highest BCUT2D eigenvalue weighted by Crippen LogP contribution is 2.30. The average Bonchev–Trinajstić information content (AvgIpc) is 2.94. The van der Waals surface area contributed by atoms with Crippen LogP contribution in [0.25, 0.3) is 0 Å². The maximum absolute atomic E-state index is 12.6. The number of nitrogens with two attached hydrogens (primary N) is 1. The van der Waals surface area contributed by atoms with Gasteiger partial charge in [-0.1, -0.05) is 24.3 Å². The molecule has 0 saturated heterocycles. The molecule has 0 spiro atoms. The first-order valence-electron chi connectivity index (χ1n) is 6.38. The molecule has 0 aliphatic heterocycles. The van der Waals surface area contributed by atoms with E-state index >= 15 is 0 Å². The Bertz CT molecular complexity index is 597. The zero-order valence-corrected chi connectivity index (χ0v) is 12.2. The van der Waals surface area contributed by atoms with Gasteiger partial charge in [0.05, 0.1) is 0 Å². The quantitative estimate of drug-likeness (QED) is 0.921. The van der Waals surface area contributed by atoms with E-state index in [1.807, 2.05) is 31.2 Å². The summed E-state index contributed by atoms with van der Waals surface area (Å²) in [4.78, 5) is 5.33. The van der Waals surface area contributed by atoms with E-state index < -0.39 is 12.0 Å². The molecular formula is C13H15F3N4S. The van der Waals surface area contributed by atoms with Gasteiger partial charge in [0.25, 0.3) is 0 Å². The van der Waals surface area contributed by atoms with Gasteiger partial charge >= 0.3 is 6.18 Å². The van der Waals surface area contributed by atoms with E-state index in [4.69, 9.17) is 5.73 Å². The largest absolute Gasteiger partial charge is 0.452 e. The standard InChI is InChI=1S/C13H15F3N4S/c1-2-20(8-10-6-4-3-5-9(10)7-17)12-18-11(19-21-12)13(14,15)16/h3-6H,2,7-8,17H2,1H3. The molecule has 0 aliphatic carbocycles. The summed E-state index contributed by atoms with van der Waals surface area (Å²) in [5.41, 5.74) is 7.62. The maximum atomic E-state index is 12.6. The van der Waals surface area contributed by atoms with Crippen molar-refractivity contribution in [3.05, 3.63) is 41.2 Å². The van der Waals surface area contributed by atoms with Crippen LogP contribution in [0.5, 0.6) is 0 Å². The second kappa shape index (κ2) is 6.40. The molecule has 1 aromatic heterocycles. The summed E-state index contributed by atoms with van der Waals surface area (Å²) in [6.07, 6.45) is -4.51. The zero-order chi connectivity index (χ0) is 15.5. The van der Waals surface area contributed by atoms with Crippen molar-refractivity contribution in [2.45, 2.75) is 26.2 Å². The summed E-state index contributed by atoms with van der Waals surface area (Å²) in [6, 6.07) is 7.58. The molecule has 0 atom stereocenters. The lowest BCUT2D eigenvalue weighted by molar-refractivity contribution is -0.144. The molecule has 0 amide bonds.